The quantitative estimate of drug-likeness (QED) is 0.872. The summed E-state index contributed by atoms with van der Waals surface area (Å²) in [6.07, 6.45) is 1.08. The maximum Gasteiger partial charge on any atom is 0.125 e. The SMILES string of the molecule is CCCN1c2ccc(F)cc2NCC2COCC21. The molecule has 0 saturated carbocycles. The van der Waals surface area contributed by atoms with Crippen LogP contribution in [0, 0.1) is 11.7 Å². The van der Waals surface area contributed by atoms with Crippen molar-refractivity contribution < 1.29 is 9.13 Å². The summed E-state index contributed by atoms with van der Waals surface area (Å²) in [5.41, 5.74) is 2.02. The number of hydrogen-bond donors (Lipinski definition) is 1. The average Bonchev–Trinajstić information content (AvgIpc) is 2.77. The molecule has 0 aliphatic carbocycles. The van der Waals surface area contributed by atoms with Crippen LogP contribution >= 0.6 is 0 Å². The minimum Gasteiger partial charge on any atom is -0.383 e. The second-order valence-electron chi connectivity index (χ2n) is 5.10. The highest BCUT2D eigenvalue weighted by atomic mass is 19.1. The van der Waals surface area contributed by atoms with Gasteiger partial charge in [-0.25, -0.2) is 4.39 Å². The first kappa shape index (κ1) is 11.8. The van der Waals surface area contributed by atoms with Gasteiger partial charge in [0.2, 0.25) is 0 Å². The first-order chi connectivity index (χ1) is 8.79. The van der Waals surface area contributed by atoms with Gasteiger partial charge in [-0.1, -0.05) is 6.92 Å². The van der Waals surface area contributed by atoms with Gasteiger partial charge in [0.15, 0.2) is 0 Å². The second-order valence-corrected chi connectivity index (χ2v) is 5.10. The van der Waals surface area contributed by atoms with E-state index in [0.717, 1.165) is 44.1 Å². The summed E-state index contributed by atoms with van der Waals surface area (Å²) in [6, 6.07) is 5.44. The first-order valence-electron chi connectivity index (χ1n) is 6.67. The number of rotatable bonds is 2. The third-order valence-electron chi connectivity index (χ3n) is 3.85. The second kappa shape index (κ2) is 4.76. The molecule has 1 saturated heterocycles. The van der Waals surface area contributed by atoms with Crippen LogP contribution in [0.2, 0.25) is 0 Å². The van der Waals surface area contributed by atoms with Crippen molar-refractivity contribution in [3.63, 3.8) is 0 Å². The summed E-state index contributed by atoms with van der Waals surface area (Å²) in [4.78, 5) is 2.38. The molecule has 0 aromatic heterocycles. The van der Waals surface area contributed by atoms with Crippen molar-refractivity contribution in [2.24, 2.45) is 5.92 Å². The molecule has 1 aromatic rings. The maximum atomic E-state index is 13.3. The van der Waals surface area contributed by atoms with Crippen molar-refractivity contribution in [3.8, 4) is 0 Å². The molecular formula is C14H19FN2O. The van der Waals surface area contributed by atoms with E-state index < -0.39 is 0 Å². The Labute approximate surface area is 107 Å². The van der Waals surface area contributed by atoms with Gasteiger partial charge in [-0.2, -0.15) is 0 Å². The molecule has 1 fully saturated rings. The predicted molar refractivity (Wildman–Crippen MR) is 70.6 cm³/mol. The van der Waals surface area contributed by atoms with E-state index in [4.69, 9.17) is 4.74 Å². The van der Waals surface area contributed by atoms with E-state index in [1.54, 1.807) is 12.1 Å². The van der Waals surface area contributed by atoms with Crippen molar-refractivity contribution >= 4 is 11.4 Å². The monoisotopic (exact) mass is 250 g/mol. The van der Waals surface area contributed by atoms with Gasteiger partial charge >= 0.3 is 0 Å². The molecule has 0 amide bonds. The van der Waals surface area contributed by atoms with Crippen LogP contribution in [0.25, 0.3) is 0 Å². The van der Waals surface area contributed by atoms with Crippen LogP contribution in [0.1, 0.15) is 13.3 Å². The molecule has 1 aromatic carbocycles. The Kier molecular flexibility index (Phi) is 3.12. The van der Waals surface area contributed by atoms with E-state index in [1.807, 2.05) is 6.07 Å². The predicted octanol–water partition coefficient (Wildman–Crippen LogP) is 2.48. The molecule has 2 unspecified atom stereocenters. The molecule has 1 N–H and O–H groups in total. The number of halogens is 1. The van der Waals surface area contributed by atoms with E-state index in [1.165, 1.54) is 0 Å². The number of hydrogen-bond acceptors (Lipinski definition) is 3. The zero-order valence-electron chi connectivity index (χ0n) is 10.7. The van der Waals surface area contributed by atoms with E-state index in [9.17, 15) is 4.39 Å². The Morgan fingerprint density at radius 3 is 3.17 bits per heavy atom. The topological polar surface area (TPSA) is 24.5 Å². The highest BCUT2D eigenvalue weighted by Crippen LogP contribution is 2.35. The molecule has 3 nitrogen and oxygen atoms in total. The molecule has 0 bridgehead atoms. The highest BCUT2D eigenvalue weighted by molar-refractivity contribution is 5.71. The molecule has 2 heterocycles. The fourth-order valence-electron chi connectivity index (χ4n) is 2.97. The van der Waals surface area contributed by atoms with Crippen LogP contribution < -0.4 is 10.2 Å². The Balaban J connectivity index is 2.00. The Hall–Kier alpha value is -1.29. The number of anilines is 2. The van der Waals surface area contributed by atoms with E-state index in [0.29, 0.717) is 12.0 Å². The Morgan fingerprint density at radius 2 is 2.33 bits per heavy atom. The molecular weight excluding hydrogens is 231 g/mol. The smallest absolute Gasteiger partial charge is 0.125 e. The van der Waals surface area contributed by atoms with Crippen molar-refractivity contribution in [1.82, 2.24) is 0 Å². The van der Waals surface area contributed by atoms with Gasteiger partial charge in [0.05, 0.1) is 30.6 Å². The molecule has 98 valence electrons. The summed E-state index contributed by atoms with van der Waals surface area (Å²) in [5.74, 6) is 0.313. The standard InChI is InChI=1S/C14H19FN2O/c1-2-5-17-13-4-3-11(15)6-12(13)16-7-10-8-18-9-14(10)17/h3-4,6,10,14,16H,2,5,7-9H2,1H3. The summed E-state index contributed by atoms with van der Waals surface area (Å²) in [7, 11) is 0. The molecule has 2 aliphatic rings. The van der Waals surface area contributed by atoms with Crippen LogP contribution in [0.5, 0.6) is 0 Å². The van der Waals surface area contributed by atoms with Crippen LogP contribution in [0.4, 0.5) is 15.8 Å². The van der Waals surface area contributed by atoms with Gasteiger partial charge in [-0.3, -0.25) is 0 Å². The summed E-state index contributed by atoms with van der Waals surface area (Å²) >= 11 is 0. The Morgan fingerprint density at radius 1 is 1.44 bits per heavy atom. The number of nitrogens with zero attached hydrogens (tertiary/aromatic N) is 1. The van der Waals surface area contributed by atoms with E-state index in [-0.39, 0.29) is 5.82 Å². The van der Waals surface area contributed by atoms with Crippen LogP contribution in [0.3, 0.4) is 0 Å². The molecule has 2 aliphatic heterocycles. The molecule has 3 rings (SSSR count). The minimum atomic E-state index is -0.180. The lowest BCUT2D eigenvalue weighted by molar-refractivity contribution is 0.185. The van der Waals surface area contributed by atoms with Gasteiger partial charge in [0.25, 0.3) is 0 Å². The van der Waals surface area contributed by atoms with Crippen molar-refractivity contribution in [2.45, 2.75) is 19.4 Å². The lowest BCUT2D eigenvalue weighted by Crippen LogP contribution is -2.41. The molecule has 0 radical (unpaired) electrons. The molecule has 18 heavy (non-hydrogen) atoms. The van der Waals surface area contributed by atoms with E-state index in [2.05, 4.69) is 17.1 Å². The number of benzene rings is 1. The normalized spacial score (nSPS) is 26.2. The largest absolute Gasteiger partial charge is 0.383 e. The number of ether oxygens (including phenoxy) is 1. The van der Waals surface area contributed by atoms with Gasteiger partial charge in [0, 0.05) is 19.0 Å². The Bertz CT molecular complexity index is 438. The summed E-state index contributed by atoms with van der Waals surface area (Å²) < 4.78 is 19.0. The number of nitrogens with one attached hydrogen (secondary N) is 1. The third kappa shape index (κ3) is 1.94. The van der Waals surface area contributed by atoms with E-state index >= 15 is 0 Å². The van der Waals surface area contributed by atoms with Crippen LogP contribution in [-0.2, 0) is 4.74 Å². The van der Waals surface area contributed by atoms with Crippen LogP contribution in [-0.4, -0.2) is 32.3 Å². The average molecular weight is 250 g/mol. The molecule has 0 spiro atoms. The highest BCUT2D eigenvalue weighted by Gasteiger charge is 2.35. The third-order valence-corrected chi connectivity index (χ3v) is 3.85. The van der Waals surface area contributed by atoms with Crippen LogP contribution in [0.15, 0.2) is 18.2 Å². The zero-order valence-corrected chi connectivity index (χ0v) is 10.7. The molecule has 2 atom stereocenters. The molecule has 4 heteroatoms. The van der Waals surface area contributed by atoms with Crippen molar-refractivity contribution in [2.75, 3.05) is 36.5 Å². The summed E-state index contributed by atoms with van der Waals surface area (Å²) in [6.45, 7) is 5.61. The van der Waals surface area contributed by atoms with Crippen molar-refractivity contribution in [1.29, 1.82) is 0 Å². The fourth-order valence-corrected chi connectivity index (χ4v) is 2.97. The fraction of sp³-hybridized carbons (Fsp3) is 0.571. The lowest BCUT2D eigenvalue weighted by atomic mass is 10.0. The van der Waals surface area contributed by atoms with Crippen molar-refractivity contribution in [3.05, 3.63) is 24.0 Å². The zero-order chi connectivity index (χ0) is 12.5. The maximum absolute atomic E-state index is 13.3. The van der Waals surface area contributed by atoms with Gasteiger partial charge in [0.1, 0.15) is 5.82 Å². The number of fused-ring (bicyclic) bond motifs is 2. The lowest BCUT2D eigenvalue weighted by Gasteiger charge is -2.31. The van der Waals surface area contributed by atoms with Gasteiger partial charge in [-0.05, 0) is 24.6 Å². The minimum absolute atomic E-state index is 0.180. The summed E-state index contributed by atoms with van der Waals surface area (Å²) in [5, 5.41) is 3.36. The first-order valence-corrected chi connectivity index (χ1v) is 6.67. The van der Waals surface area contributed by atoms with Gasteiger partial charge in [-0.15, -0.1) is 0 Å². The van der Waals surface area contributed by atoms with Gasteiger partial charge < -0.3 is 15.0 Å².